The second kappa shape index (κ2) is 6.66. The van der Waals surface area contributed by atoms with Crippen LogP contribution >= 0.6 is 0 Å². The summed E-state index contributed by atoms with van der Waals surface area (Å²) in [7, 11) is 4.95. The van der Waals surface area contributed by atoms with Gasteiger partial charge in [-0.2, -0.15) is 0 Å². The van der Waals surface area contributed by atoms with Crippen molar-refractivity contribution >= 4 is 5.69 Å². The van der Waals surface area contributed by atoms with Crippen LogP contribution in [0.25, 0.3) is 0 Å². The second-order valence-corrected chi connectivity index (χ2v) is 4.35. The Bertz CT molecular complexity index is 376. The average Bonchev–Trinajstić information content (AvgIpc) is 2.28. The fourth-order valence-corrected chi connectivity index (χ4v) is 1.83. The molecule has 102 valence electrons. The van der Waals surface area contributed by atoms with Crippen LogP contribution in [0.5, 0.6) is 0 Å². The number of benzene rings is 1. The van der Waals surface area contributed by atoms with Crippen LogP contribution in [0, 0.1) is 11.6 Å². The van der Waals surface area contributed by atoms with Gasteiger partial charge in [-0.15, -0.1) is 0 Å². The molecule has 0 bridgehead atoms. The monoisotopic (exact) mass is 258 g/mol. The van der Waals surface area contributed by atoms with E-state index < -0.39 is 11.6 Å². The Morgan fingerprint density at radius 3 is 2.33 bits per heavy atom. The van der Waals surface area contributed by atoms with E-state index in [4.69, 9.17) is 4.74 Å². The molecule has 0 amide bonds. The molecule has 0 aliphatic rings. The van der Waals surface area contributed by atoms with Gasteiger partial charge in [0.05, 0.1) is 6.61 Å². The van der Waals surface area contributed by atoms with Gasteiger partial charge in [-0.05, 0) is 31.7 Å². The van der Waals surface area contributed by atoms with Gasteiger partial charge in [0, 0.05) is 26.7 Å². The normalized spacial score (nSPS) is 12.6. The summed E-state index contributed by atoms with van der Waals surface area (Å²) in [4.78, 5) is 1.55. The molecule has 1 unspecified atom stereocenters. The van der Waals surface area contributed by atoms with Crippen molar-refractivity contribution in [3.05, 3.63) is 29.3 Å². The molecule has 0 radical (unpaired) electrons. The molecule has 1 aromatic carbocycles. The zero-order chi connectivity index (χ0) is 13.7. The van der Waals surface area contributed by atoms with Crippen LogP contribution in [0.15, 0.2) is 12.1 Å². The third kappa shape index (κ3) is 3.40. The SMILES string of the molecule is CNCc1cc(F)c(N(C)C(C)COC)c(F)c1. The lowest BCUT2D eigenvalue weighted by molar-refractivity contribution is 0.183. The lowest BCUT2D eigenvalue weighted by Crippen LogP contribution is -2.34. The Hall–Kier alpha value is -1.20. The fourth-order valence-electron chi connectivity index (χ4n) is 1.83. The second-order valence-electron chi connectivity index (χ2n) is 4.35. The standard InChI is InChI=1S/C13H20F2N2O/c1-9(8-18-4)17(3)13-11(14)5-10(7-16-2)6-12(13)15/h5-6,9,16H,7-8H2,1-4H3. The van der Waals surface area contributed by atoms with Gasteiger partial charge in [0.15, 0.2) is 0 Å². The molecule has 5 heteroatoms. The Balaban J connectivity index is 3.02. The van der Waals surface area contributed by atoms with E-state index >= 15 is 0 Å². The molecule has 1 rings (SSSR count). The first-order valence-electron chi connectivity index (χ1n) is 5.85. The van der Waals surface area contributed by atoms with Gasteiger partial charge in [-0.1, -0.05) is 0 Å². The third-order valence-corrected chi connectivity index (χ3v) is 2.88. The third-order valence-electron chi connectivity index (χ3n) is 2.88. The Kier molecular flexibility index (Phi) is 5.50. The van der Waals surface area contributed by atoms with E-state index in [0.717, 1.165) is 0 Å². The fraction of sp³-hybridized carbons (Fsp3) is 0.538. The summed E-state index contributed by atoms with van der Waals surface area (Å²) in [6.07, 6.45) is 0. The number of halogens is 2. The molecule has 0 aliphatic heterocycles. The molecule has 1 N–H and O–H groups in total. The van der Waals surface area contributed by atoms with E-state index in [-0.39, 0.29) is 11.7 Å². The van der Waals surface area contributed by atoms with Gasteiger partial charge in [-0.3, -0.25) is 0 Å². The first kappa shape index (κ1) is 14.9. The zero-order valence-electron chi connectivity index (χ0n) is 11.3. The molecule has 0 saturated heterocycles. The maximum absolute atomic E-state index is 13.9. The minimum absolute atomic E-state index is 0.0144. The Morgan fingerprint density at radius 1 is 1.33 bits per heavy atom. The summed E-state index contributed by atoms with van der Waals surface area (Å²) in [6, 6.07) is 2.60. The average molecular weight is 258 g/mol. The number of nitrogens with zero attached hydrogens (tertiary/aromatic N) is 1. The van der Waals surface area contributed by atoms with Crippen LogP contribution in [0.1, 0.15) is 12.5 Å². The van der Waals surface area contributed by atoms with Gasteiger partial charge in [0.25, 0.3) is 0 Å². The number of hydrogen-bond acceptors (Lipinski definition) is 3. The molecule has 0 fully saturated rings. The van der Waals surface area contributed by atoms with Gasteiger partial charge < -0.3 is 15.0 Å². The molecule has 0 aliphatic carbocycles. The van der Waals surface area contributed by atoms with Crippen molar-refractivity contribution < 1.29 is 13.5 Å². The molecule has 1 aromatic rings. The number of rotatable bonds is 6. The first-order valence-corrected chi connectivity index (χ1v) is 5.85. The van der Waals surface area contributed by atoms with E-state index in [2.05, 4.69) is 5.32 Å². The maximum Gasteiger partial charge on any atom is 0.149 e. The van der Waals surface area contributed by atoms with Crippen LogP contribution in [0.2, 0.25) is 0 Å². The quantitative estimate of drug-likeness (QED) is 0.846. The van der Waals surface area contributed by atoms with Crippen molar-refractivity contribution in [2.24, 2.45) is 0 Å². The maximum atomic E-state index is 13.9. The van der Waals surface area contributed by atoms with Gasteiger partial charge in [0.1, 0.15) is 17.3 Å². The number of nitrogens with one attached hydrogen (secondary N) is 1. The molecule has 1 atom stereocenters. The van der Waals surface area contributed by atoms with Crippen molar-refractivity contribution in [2.45, 2.75) is 19.5 Å². The summed E-state index contributed by atoms with van der Waals surface area (Å²) >= 11 is 0. The first-order chi connectivity index (χ1) is 8.51. The van der Waals surface area contributed by atoms with E-state index in [1.165, 1.54) is 12.1 Å². The summed E-state index contributed by atoms with van der Waals surface area (Å²) in [6.45, 7) is 2.70. The van der Waals surface area contributed by atoms with Crippen molar-refractivity contribution in [1.82, 2.24) is 5.32 Å². The van der Waals surface area contributed by atoms with Crippen LogP contribution in [0.3, 0.4) is 0 Å². The van der Waals surface area contributed by atoms with E-state index in [0.29, 0.717) is 18.7 Å². The molecule has 0 aromatic heterocycles. The highest BCUT2D eigenvalue weighted by atomic mass is 19.1. The van der Waals surface area contributed by atoms with Gasteiger partial charge >= 0.3 is 0 Å². The van der Waals surface area contributed by atoms with Gasteiger partial charge in [0.2, 0.25) is 0 Å². The van der Waals surface area contributed by atoms with E-state index in [9.17, 15) is 8.78 Å². The number of likely N-dealkylation sites (N-methyl/N-ethyl adjacent to an activating group) is 1. The summed E-state index contributed by atoms with van der Waals surface area (Å²) in [5.74, 6) is -1.10. The predicted molar refractivity (Wildman–Crippen MR) is 68.9 cm³/mol. The van der Waals surface area contributed by atoms with Crippen molar-refractivity contribution in [3.8, 4) is 0 Å². The van der Waals surface area contributed by atoms with Crippen LogP contribution in [0.4, 0.5) is 14.5 Å². The van der Waals surface area contributed by atoms with Crippen LogP contribution < -0.4 is 10.2 Å². The number of ether oxygens (including phenoxy) is 1. The van der Waals surface area contributed by atoms with Crippen molar-refractivity contribution in [1.29, 1.82) is 0 Å². The number of anilines is 1. The molecule has 3 nitrogen and oxygen atoms in total. The number of methoxy groups -OCH3 is 1. The highest BCUT2D eigenvalue weighted by molar-refractivity contribution is 5.50. The largest absolute Gasteiger partial charge is 0.383 e. The Morgan fingerprint density at radius 2 is 1.89 bits per heavy atom. The summed E-state index contributed by atoms with van der Waals surface area (Å²) < 4.78 is 32.9. The number of hydrogen-bond donors (Lipinski definition) is 1. The summed E-state index contributed by atoms with van der Waals surface area (Å²) in [5.41, 5.74) is 0.573. The lowest BCUT2D eigenvalue weighted by atomic mass is 10.1. The highest BCUT2D eigenvalue weighted by Crippen LogP contribution is 2.25. The molecular formula is C13H20F2N2O. The highest BCUT2D eigenvalue weighted by Gasteiger charge is 2.19. The smallest absolute Gasteiger partial charge is 0.149 e. The van der Waals surface area contributed by atoms with Gasteiger partial charge in [-0.25, -0.2) is 8.78 Å². The van der Waals surface area contributed by atoms with Crippen molar-refractivity contribution in [2.75, 3.05) is 32.7 Å². The topological polar surface area (TPSA) is 24.5 Å². The molecule has 18 heavy (non-hydrogen) atoms. The molecule has 0 saturated carbocycles. The molecule has 0 spiro atoms. The van der Waals surface area contributed by atoms with Crippen LogP contribution in [-0.2, 0) is 11.3 Å². The zero-order valence-corrected chi connectivity index (χ0v) is 11.3. The van der Waals surface area contributed by atoms with E-state index in [1.54, 1.807) is 26.1 Å². The minimum Gasteiger partial charge on any atom is -0.383 e. The molecular weight excluding hydrogens is 238 g/mol. The van der Waals surface area contributed by atoms with Crippen molar-refractivity contribution in [3.63, 3.8) is 0 Å². The lowest BCUT2D eigenvalue weighted by Gasteiger charge is -2.27. The minimum atomic E-state index is -0.550. The summed E-state index contributed by atoms with van der Waals surface area (Å²) in [5, 5.41) is 2.86. The van der Waals surface area contributed by atoms with E-state index in [1.807, 2.05) is 6.92 Å². The predicted octanol–water partition coefficient (Wildman–Crippen LogP) is 2.16. The Labute approximate surface area is 107 Å². The van der Waals surface area contributed by atoms with Crippen LogP contribution in [-0.4, -0.2) is 33.9 Å². The molecule has 0 heterocycles.